The van der Waals surface area contributed by atoms with Gasteiger partial charge in [0, 0.05) is 19.7 Å². The lowest BCUT2D eigenvalue weighted by molar-refractivity contribution is 0.0589. The number of aliphatic hydroxyl groups excluding tert-OH is 1. The van der Waals surface area contributed by atoms with Gasteiger partial charge in [0.15, 0.2) is 5.76 Å². The van der Waals surface area contributed by atoms with E-state index in [0.29, 0.717) is 12.3 Å². The van der Waals surface area contributed by atoms with E-state index in [1.54, 1.807) is 22.7 Å². The topological polar surface area (TPSA) is 53.7 Å². The monoisotopic (exact) mass is 269 g/mol. The number of aliphatic hydroxyl groups is 1. The molecule has 0 radical (unpaired) electrons. The van der Waals surface area contributed by atoms with Crippen LogP contribution in [-0.4, -0.2) is 41.9 Å². The number of likely N-dealkylation sites (tertiary alicyclic amines) is 1. The zero-order valence-electron chi connectivity index (χ0n) is 10.6. The third-order valence-corrected chi connectivity index (χ3v) is 3.80. The smallest absolute Gasteiger partial charge is 0.289 e. The second-order valence-electron chi connectivity index (χ2n) is 4.64. The summed E-state index contributed by atoms with van der Waals surface area (Å²) in [4.78, 5) is 14.0. The van der Waals surface area contributed by atoms with Gasteiger partial charge < -0.3 is 14.4 Å². The van der Waals surface area contributed by atoms with Gasteiger partial charge in [0.1, 0.15) is 5.76 Å². The van der Waals surface area contributed by atoms with E-state index < -0.39 is 0 Å². The summed E-state index contributed by atoms with van der Waals surface area (Å²) in [5.74, 6) is 2.19. The number of hydrogen-bond donors (Lipinski definition) is 1. The van der Waals surface area contributed by atoms with Gasteiger partial charge in [-0.3, -0.25) is 4.79 Å². The fourth-order valence-electron chi connectivity index (χ4n) is 2.27. The van der Waals surface area contributed by atoms with Crippen molar-refractivity contribution in [1.82, 2.24) is 4.90 Å². The molecule has 0 aliphatic carbocycles. The van der Waals surface area contributed by atoms with Crippen molar-refractivity contribution in [3.63, 3.8) is 0 Å². The van der Waals surface area contributed by atoms with Crippen LogP contribution in [0.3, 0.4) is 0 Å². The van der Waals surface area contributed by atoms with Crippen molar-refractivity contribution in [3.8, 4) is 0 Å². The average molecular weight is 269 g/mol. The Morgan fingerprint density at radius 1 is 1.61 bits per heavy atom. The summed E-state index contributed by atoms with van der Waals surface area (Å²) in [6.45, 7) is 1.54. The first-order chi connectivity index (χ1) is 8.74. The summed E-state index contributed by atoms with van der Waals surface area (Å²) < 4.78 is 5.53. The van der Waals surface area contributed by atoms with E-state index in [1.165, 1.54) is 0 Å². The second kappa shape index (κ2) is 6.29. The van der Waals surface area contributed by atoms with Gasteiger partial charge >= 0.3 is 0 Å². The molecule has 1 fully saturated rings. The summed E-state index contributed by atoms with van der Waals surface area (Å²) in [7, 11) is 0. The van der Waals surface area contributed by atoms with Crippen LogP contribution in [0.25, 0.3) is 0 Å². The largest absolute Gasteiger partial charge is 0.455 e. The third kappa shape index (κ3) is 3.09. The molecule has 1 aromatic rings. The predicted octanol–water partition coefficient (Wildman–Crippen LogP) is 1.99. The molecular weight excluding hydrogens is 250 g/mol. The van der Waals surface area contributed by atoms with Gasteiger partial charge in [-0.05, 0) is 37.1 Å². The number of rotatable bonds is 4. The Kier molecular flexibility index (Phi) is 4.72. The molecule has 1 atom stereocenters. The molecule has 5 heteroatoms. The van der Waals surface area contributed by atoms with Gasteiger partial charge in [-0.25, -0.2) is 0 Å². The van der Waals surface area contributed by atoms with E-state index in [1.807, 2.05) is 12.3 Å². The van der Waals surface area contributed by atoms with Gasteiger partial charge in [0.2, 0.25) is 0 Å². The summed E-state index contributed by atoms with van der Waals surface area (Å²) in [5.41, 5.74) is 0. The van der Waals surface area contributed by atoms with E-state index in [-0.39, 0.29) is 18.4 Å². The van der Waals surface area contributed by atoms with Crippen molar-refractivity contribution in [1.29, 1.82) is 0 Å². The number of carbonyl (C=O) groups excluding carboxylic acids is 1. The third-order valence-electron chi connectivity index (χ3n) is 3.22. The highest BCUT2D eigenvalue weighted by Crippen LogP contribution is 2.20. The number of hydrogen-bond acceptors (Lipinski definition) is 4. The molecule has 1 aliphatic heterocycles. The lowest BCUT2D eigenvalue weighted by Crippen LogP contribution is -2.40. The number of nitrogens with zero attached hydrogens (tertiary/aromatic N) is 1. The van der Waals surface area contributed by atoms with E-state index in [2.05, 4.69) is 0 Å². The quantitative estimate of drug-likeness (QED) is 0.908. The van der Waals surface area contributed by atoms with Crippen molar-refractivity contribution < 1.29 is 14.3 Å². The van der Waals surface area contributed by atoms with Crippen LogP contribution < -0.4 is 0 Å². The maximum Gasteiger partial charge on any atom is 0.289 e. The summed E-state index contributed by atoms with van der Waals surface area (Å²) in [6, 6.07) is 3.60. The van der Waals surface area contributed by atoms with Crippen molar-refractivity contribution in [2.75, 3.05) is 26.0 Å². The molecule has 0 aromatic carbocycles. The molecule has 18 heavy (non-hydrogen) atoms. The van der Waals surface area contributed by atoms with Crippen LogP contribution in [0.5, 0.6) is 0 Å². The van der Waals surface area contributed by atoms with Gasteiger partial charge in [0.25, 0.3) is 5.91 Å². The molecular formula is C13H19NO3S. The Balaban J connectivity index is 2.00. The number of piperidine rings is 1. The highest BCUT2D eigenvalue weighted by molar-refractivity contribution is 7.97. The molecule has 0 bridgehead atoms. The van der Waals surface area contributed by atoms with Crippen LogP contribution in [0, 0.1) is 5.92 Å². The Labute approximate surface area is 111 Å². The van der Waals surface area contributed by atoms with Crippen LogP contribution in [0.1, 0.15) is 29.2 Å². The van der Waals surface area contributed by atoms with Crippen molar-refractivity contribution >= 4 is 17.7 Å². The summed E-state index contributed by atoms with van der Waals surface area (Å²) in [5, 5.41) is 9.17. The van der Waals surface area contributed by atoms with Crippen molar-refractivity contribution in [2.24, 2.45) is 5.92 Å². The maximum absolute atomic E-state index is 12.2. The van der Waals surface area contributed by atoms with Gasteiger partial charge in [0.05, 0.1) is 5.75 Å². The van der Waals surface area contributed by atoms with Gasteiger partial charge in [-0.2, -0.15) is 11.8 Å². The highest BCUT2D eigenvalue weighted by atomic mass is 32.2. The van der Waals surface area contributed by atoms with Crippen LogP contribution in [0.4, 0.5) is 0 Å². The lowest BCUT2D eigenvalue weighted by Gasteiger charge is -2.31. The molecule has 1 amide bonds. The average Bonchev–Trinajstić information content (AvgIpc) is 2.87. The number of amides is 1. The number of furan rings is 1. The van der Waals surface area contributed by atoms with Crippen LogP contribution in [0.2, 0.25) is 0 Å². The minimum atomic E-state index is -0.0551. The fourth-order valence-corrected chi connectivity index (χ4v) is 2.71. The molecule has 0 spiro atoms. The maximum atomic E-state index is 12.2. The molecule has 1 aliphatic rings. The second-order valence-corrected chi connectivity index (χ2v) is 5.51. The number of thioether (sulfide) groups is 1. The first kappa shape index (κ1) is 13.5. The van der Waals surface area contributed by atoms with Crippen molar-refractivity contribution in [2.45, 2.75) is 18.6 Å². The molecule has 1 aromatic heterocycles. The fraction of sp³-hybridized carbons (Fsp3) is 0.615. The van der Waals surface area contributed by atoms with E-state index in [9.17, 15) is 9.90 Å². The Morgan fingerprint density at radius 2 is 2.44 bits per heavy atom. The molecule has 1 unspecified atom stereocenters. The predicted molar refractivity (Wildman–Crippen MR) is 71.6 cm³/mol. The standard InChI is InChI=1S/C13H19NO3S/c1-18-9-11-4-5-12(17-11)13(16)14-6-2-3-10(7-14)8-15/h4-5,10,15H,2-3,6-9H2,1H3. The zero-order valence-corrected chi connectivity index (χ0v) is 11.4. The molecule has 1 N–H and O–H groups in total. The van der Waals surface area contributed by atoms with E-state index in [4.69, 9.17) is 4.42 Å². The Hall–Kier alpha value is -0.940. The van der Waals surface area contributed by atoms with Gasteiger partial charge in [-0.15, -0.1) is 0 Å². The molecule has 100 valence electrons. The minimum absolute atomic E-state index is 0.0551. The van der Waals surface area contributed by atoms with E-state index in [0.717, 1.165) is 30.9 Å². The lowest BCUT2D eigenvalue weighted by atomic mass is 9.99. The summed E-state index contributed by atoms with van der Waals surface area (Å²) >= 11 is 1.67. The molecule has 2 rings (SSSR count). The SMILES string of the molecule is CSCc1ccc(C(=O)N2CCCC(CO)C2)o1. The first-order valence-electron chi connectivity index (χ1n) is 6.22. The first-order valence-corrected chi connectivity index (χ1v) is 7.61. The summed E-state index contributed by atoms with van der Waals surface area (Å²) in [6.07, 6.45) is 3.95. The Morgan fingerprint density at radius 3 is 3.17 bits per heavy atom. The van der Waals surface area contributed by atoms with Crippen LogP contribution in [-0.2, 0) is 5.75 Å². The molecule has 4 nitrogen and oxygen atoms in total. The Bertz CT molecular complexity index is 405. The minimum Gasteiger partial charge on any atom is -0.455 e. The van der Waals surface area contributed by atoms with E-state index >= 15 is 0 Å². The molecule has 1 saturated heterocycles. The van der Waals surface area contributed by atoms with Crippen LogP contribution >= 0.6 is 11.8 Å². The molecule has 0 saturated carbocycles. The number of carbonyl (C=O) groups is 1. The van der Waals surface area contributed by atoms with Crippen molar-refractivity contribution in [3.05, 3.63) is 23.7 Å². The molecule has 2 heterocycles. The van der Waals surface area contributed by atoms with Gasteiger partial charge in [-0.1, -0.05) is 0 Å². The highest BCUT2D eigenvalue weighted by Gasteiger charge is 2.25. The zero-order chi connectivity index (χ0) is 13.0. The van der Waals surface area contributed by atoms with Crippen LogP contribution in [0.15, 0.2) is 16.5 Å². The normalized spacial score (nSPS) is 20.1.